The molecule has 0 spiro atoms. The van der Waals surface area contributed by atoms with E-state index in [4.69, 9.17) is 5.26 Å². The monoisotopic (exact) mass is 524 g/mol. The van der Waals surface area contributed by atoms with E-state index in [-0.39, 0.29) is 10.5 Å². The molecule has 1 aliphatic heterocycles. The first-order valence-electron chi connectivity index (χ1n) is 11.4. The van der Waals surface area contributed by atoms with Gasteiger partial charge in [-0.15, -0.1) is 0 Å². The first-order valence-corrected chi connectivity index (χ1v) is 14.3. The van der Waals surface area contributed by atoms with Gasteiger partial charge in [0.15, 0.2) is 9.84 Å². The second-order valence-corrected chi connectivity index (χ2v) is 11.9. The van der Waals surface area contributed by atoms with E-state index in [2.05, 4.69) is 21.7 Å². The number of aliphatic imine (C=N–C) groups is 1. The molecule has 0 fully saturated rings. The third-order valence-corrected chi connectivity index (χ3v) is 8.40. The van der Waals surface area contributed by atoms with Gasteiger partial charge in [-0.2, -0.15) is 17.0 Å². The molecule has 0 aliphatic carbocycles. The third-order valence-electron chi connectivity index (χ3n) is 5.60. The molecule has 1 aliphatic rings. The first-order chi connectivity index (χ1) is 17.1. The average molecular weight is 525 g/mol. The predicted octanol–water partition coefficient (Wildman–Crippen LogP) is 3.55. The fraction of sp³-hybridized carbons (Fsp3) is 0.308. The van der Waals surface area contributed by atoms with Gasteiger partial charge in [-0.3, -0.25) is 9.59 Å². The lowest BCUT2D eigenvalue weighted by Crippen LogP contribution is -2.48. The van der Waals surface area contributed by atoms with E-state index in [0.29, 0.717) is 35.7 Å². The number of nitriles is 1. The minimum absolute atomic E-state index is 0.0667. The van der Waals surface area contributed by atoms with Gasteiger partial charge >= 0.3 is 0 Å². The molecular formula is C26H28N4O4S2. The van der Waals surface area contributed by atoms with Crippen LogP contribution in [0, 0.1) is 11.3 Å². The largest absolute Gasteiger partial charge is 0.340 e. The van der Waals surface area contributed by atoms with Gasteiger partial charge in [0, 0.05) is 12.0 Å². The van der Waals surface area contributed by atoms with Crippen LogP contribution >= 0.6 is 11.8 Å². The molecule has 8 nitrogen and oxygen atoms in total. The molecule has 1 unspecified atom stereocenters. The number of nitrogens with one attached hydrogen (secondary N) is 2. The van der Waals surface area contributed by atoms with Crippen LogP contribution in [0.3, 0.4) is 0 Å². The van der Waals surface area contributed by atoms with Crippen LogP contribution < -0.4 is 10.6 Å². The Kier molecular flexibility index (Phi) is 9.07. The standard InChI is InChI=1S/C26H28N4O4S2/c1-17(2)36(33,34)21-6-4-5-20(15-21)25(31)29-23(13-14-35-3)26(32)30-24-12-11-22(28-24)19-9-7-18(16-27)8-10-19/h4-11,15,17,23H,12-14H2,1-3H3,(H,29,31)(H,28,30,32). The number of hydrogen-bond acceptors (Lipinski definition) is 7. The van der Waals surface area contributed by atoms with Gasteiger partial charge < -0.3 is 10.6 Å². The molecule has 2 aromatic rings. The van der Waals surface area contributed by atoms with Crippen LogP contribution in [0.2, 0.25) is 0 Å². The van der Waals surface area contributed by atoms with E-state index in [1.54, 1.807) is 49.9 Å². The number of rotatable bonds is 9. The van der Waals surface area contributed by atoms with Crippen LogP contribution in [0.4, 0.5) is 0 Å². The maximum Gasteiger partial charge on any atom is 0.251 e. The second kappa shape index (κ2) is 12.0. The van der Waals surface area contributed by atoms with Crippen molar-refractivity contribution in [2.45, 2.75) is 42.9 Å². The van der Waals surface area contributed by atoms with Gasteiger partial charge in [0.1, 0.15) is 11.9 Å². The van der Waals surface area contributed by atoms with Gasteiger partial charge in [0.05, 0.1) is 27.5 Å². The Labute approximate surface area is 215 Å². The number of carbonyl (C=O) groups is 2. The van der Waals surface area contributed by atoms with Gasteiger partial charge in [-0.25, -0.2) is 13.4 Å². The number of thioether (sulfide) groups is 1. The van der Waals surface area contributed by atoms with Crippen molar-refractivity contribution in [3.05, 3.63) is 71.3 Å². The van der Waals surface area contributed by atoms with Crippen molar-refractivity contribution in [1.29, 1.82) is 5.26 Å². The number of amides is 2. The summed E-state index contributed by atoms with van der Waals surface area (Å²) in [6.07, 6.45) is 4.62. The Hall–Kier alpha value is -3.42. The molecule has 2 amide bonds. The van der Waals surface area contributed by atoms with E-state index in [1.165, 1.54) is 24.3 Å². The molecule has 2 N–H and O–H groups in total. The molecule has 0 saturated heterocycles. The summed E-state index contributed by atoms with van der Waals surface area (Å²) in [6, 6.07) is 14.1. The highest BCUT2D eigenvalue weighted by Crippen LogP contribution is 2.22. The number of carbonyl (C=O) groups excluding carboxylic acids is 2. The minimum Gasteiger partial charge on any atom is -0.340 e. The molecule has 36 heavy (non-hydrogen) atoms. The Balaban J connectivity index is 1.71. The smallest absolute Gasteiger partial charge is 0.251 e. The Morgan fingerprint density at radius 2 is 1.89 bits per heavy atom. The lowest BCUT2D eigenvalue weighted by atomic mass is 10.1. The Morgan fingerprint density at radius 3 is 2.53 bits per heavy atom. The second-order valence-electron chi connectivity index (χ2n) is 8.46. The van der Waals surface area contributed by atoms with E-state index < -0.39 is 32.9 Å². The highest BCUT2D eigenvalue weighted by atomic mass is 32.2. The molecule has 1 heterocycles. The zero-order chi connectivity index (χ0) is 26.3. The summed E-state index contributed by atoms with van der Waals surface area (Å²) >= 11 is 1.55. The van der Waals surface area contributed by atoms with Crippen molar-refractivity contribution < 1.29 is 18.0 Å². The number of sulfone groups is 1. The van der Waals surface area contributed by atoms with Gasteiger partial charge in [-0.05, 0) is 68.2 Å². The number of nitrogens with zero attached hydrogens (tertiary/aromatic N) is 2. The van der Waals surface area contributed by atoms with Crippen LogP contribution in [0.5, 0.6) is 0 Å². The molecule has 3 rings (SSSR count). The minimum atomic E-state index is -3.54. The van der Waals surface area contributed by atoms with Crippen molar-refractivity contribution in [2.24, 2.45) is 4.99 Å². The molecular weight excluding hydrogens is 496 g/mol. The van der Waals surface area contributed by atoms with Crippen molar-refractivity contribution in [3.8, 4) is 6.07 Å². The Bertz CT molecular complexity index is 1340. The summed E-state index contributed by atoms with van der Waals surface area (Å²) in [7, 11) is -3.54. The summed E-state index contributed by atoms with van der Waals surface area (Å²) < 4.78 is 25.0. The lowest BCUT2D eigenvalue weighted by molar-refractivity contribution is -0.121. The van der Waals surface area contributed by atoms with Crippen molar-refractivity contribution in [3.63, 3.8) is 0 Å². The fourth-order valence-electron chi connectivity index (χ4n) is 3.47. The number of hydrogen-bond donors (Lipinski definition) is 2. The van der Waals surface area contributed by atoms with E-state index in [1.807, 2.05) is 12.3 Å². The highest BCUT2D eigenvalue weighted by Gasteiger charge is 2.25. The number of benzene rings is 2. The van der Waals surface area contributed by atoms with Crippen molar-refractivity contribution in [1.82, 2.24) is 10.6 Å². The summed E-state index contributed by atoms with van der Waals surface area (Å²) in [6.45, 7) is 3.16. The van der Waals surface area contributed by atoms with Crippen LogP contribution in [0.25, 0.3) is 5.70 Å². The maximum atomic E-state index is 13.0. The SMILES string of the molecule is CSCCC(NC(=O)c1cccc(S(=O)(=O)C(C)C)c1)C(=O)NC1=NC(c2ccc(C#N)cc2)=CC1. The molecule has 188 valence electrons. The predicted molar refractivity (Wildman–Crippen MR) is 142 cm³/mol. The zero-order valence-corrected chi connectivity index (χ0v) is 21.9. The van der Waals surface area contributed by atoms with E-state index in [9.17, 15) is 18.0 Å². The summed E-state index contributed by atoms with van der Waals surface area (Å²) in [5, 5.41) is 13.9. The molecule has 10 heteroatoms. The van der Waals surface area contributed by atoms with Crippen LogP contribution in [-0.2, 0) is 14.6 Å². The van der Waals surface area contributed by atoms with E-state index >= 15 is 0 Å². The van der Waals surface area contributed by atoms with Crippen molar-refractivity contribution in [2.75, 3.05) is 12.0 Å². The van der Waals surface area contributed by atoms with Crippen LogP contribution in [0.1, 0.15) is 48.2 Å². The third kappa shape index (κ3) is 6.62. The summed E-state index contributed by atoms with van der Waals surface area (Å²) in [5.74, 6) is 0.188. The normalized spacial score (nSPS) is 14.0. The molecule has 1 atom stereocenters. The van der Waals surface area contributed by atoms with Crippen molar-refractivity contribution >= 4 is 44.9 Å². The Morgan fingerprint density at radius 1 is 1.17 bits per heavy atom. The van der Waals surface area contributed by atoms with E-state index in [0.717, 1.165) is 5.56 Å². The number of amidine groups is 1. The molecule has 2 aromatic carbocycles. The average Bonchev–Trinajstić information content (AvgIpc) is 3.34. The molecule has 0 aromatic heterocycles. The van der Waals surface area contributed by atoms with Crippen LogP contribution in [-0.4, -0.2) is 49.4 Å². The first kappa shape index (κ1) is 27.2. The molecule has 0 radical (unpaired) electrons. The van der Waals surface area contributed by atoms with Gasteiger partial charge in [0.2, 0.25) is 5.91 Å². The zero-order valence-electron chi connectivity index (χ0n) is 20.3. The topological polar surface area (TPSA) is 128 Å². The fourth-order valence-corrected chi connectivity index (χ4v) is 5.04. The summed E-state index contributed by atoms with van der Waals surface area (Å²) in [4.78, 5) is 30.5. The summed E-state index contributed by atoms with van der Waals surface area (Å²) in [5.41, 5.74) is 2.25. The maximum absolute atomic E-state index is 13.0. The highest BCUT2D eigenvalue weighted by molar-refractivity contribution is 7.98. The molecule has 0 saturated carbocycles. The van der Waals surface area contributed by atoms with Gasteiger partial charge in [0.25, 0.3) is 5.91 Å². The van der Waals surface area contributed by atoms with Crippen LogP contribution in [0.15, 0.2) is 64.5 Å². The molecule has 0 bridgehead atoms. The lowest BCUT2D eigenvalue weighted by Gasteiger charge is -2.18. The quantitative estimate of drug-likeness (QED) is 0.516. The van der Waals surface area contributed by atoms with Gasteiger partial charge in [-0.1, -0.05) is 24.3 Å².